The van der Waals surface area contributed by atoms with Crippen molar-refractivity contribution in [3.8, 4) is 0 Å². The summed E-state index contributed by atoms with van der Waals surface area (Å²) < 4.78 is 0.742. The standard InChI is InChI=1S/C10H10BrN3O3S/c11-6-1-7(3-12-2-6)13-10(17)14-5-18-4-8(14)9(15)16/h1-3,8H,4-5H2,(H,13,17)(H,15,16). The minimum Gasteiger partial charge on any atom is -0.480 e. The molecular weight excluding hydrogens is 322 g/mol. The highest BCUT2D eigenvalue weighted by Crippen LogP contribution is 2.22. The number of carbonyl (C=O) groups is 2. The van der Waals surface area contributed by atoms with Crippen LogP contribution >= 0.6 is 27.7 Å². The number of carboxylic acid groups (broad SMARTS) is 1. The number of anilines is 1. The number of nitrogens with one attached hydrogen (secondary N) is 1. The van der Waals surface area contributed by atoms with Gasteiger partial charge in [-0.1, -0.05) is 0 Å². The number of aliphatic carboxylic acids is 1. The zero-order chi connectivity index (χ0) is 13.1. The SMILES string of the molecule is O=C(O)C1CSCN1C(=O)Nc1cncc(Br)c1. The van der Waals surface area contributed by atoms with Crippen molar-refractivity contribution in [1.29, 1.82) is 0 Å². The third kappa shape index (κ3) is 2.94. The van der Waals surface area contributed by atoms with Gasteiger partial charge in [0.2, 0.25) is 0 Å². The summed E-state index contributed by atoms with van der Waals surface area (Å²) in [6.07, 6.45) is 3.10. The molecule has 1 aromatic heterocycles. The molecular formula is C10H10BrN3O3S. The van der Waals surface area contributed by atoms with Gasteiger partial charge in [-0.15, -0.1) is 11.8 Å². The van der Waals surface area contributed by atoms with Crippen LogP contribution in [-0.2, 0) is 4.79 Å². The molecule has 0 bridgehead atoms. The van der Waals surface area contributed by atoms with Crippen molar-refractivity contribution in [2.75, 3.05) is 16.9 Å². The van der Waals surface area contributed by atoms with Crippen LogP contribution in [0.3, 0.4) is 0 Å². The van der Waals surface area contributed by atoms with Gasteiger partial charge in [-0.2, -0.15) is 0 Å². The van der Waals surface area contributed by atoms with Gasteiger partial charge >= 0.3 is 12.0 Å². The summed E-state index contributed by atoms with van der Waals surface area (Å²) in [5, 5.41) is 11.6. The van der Waals surface area contributed by atoms with Crippen molar-refractivity contribution in [2.45, 2.75) is 6.04 Å². The summed E-state index contributed by atoms with van der Waals surface area (Å²) >= 11 is 4.67. The second kappa shape index (κ2) is 5.57. The van der Waals surface area contributed by atoms with Gasteiger partial charge < -0.3 is 15.3 Å². The van der Waals surface area contributed by atoms with Gasteiger partial charge in [-0.25, -0.2) is 9.59 Å². The number of urea groups is 1. The van der Waals surface area contributed by atoms with Crippen molar-refractivity contribution in [1.82, 2.24) is 9.88 Å². The Morgan fingerprint density at radius 2 is 2.33 bits per heavy atom. The number of hydrogen-bond donors (Lipinski definition) is 2. The first-order valence-electron chi connectivity index (χ1n) is 5.06. The van der Waals surface area contributed by atoms with Crippen LogP contribution in [0.15, 0.2) is 22.9 Å². The molecule has 2 rings (SSSR count). The average Bonchev–Trinajstić information content (AvgIpc) is 2.77. The maximum atomic E-state index is 11.9. The summed E-state index contributed by atoms with van der Waals surface area (Å²) in [4.78, 5) is 28.1. The molecule has 0 radical (unpaired) electrons. The maximum absolute atomic E-state index is 11.9. The van der Waals surface area contributed by atoms with Gasteiger partial charge in [0.15, 0.2) is 0 Å². The third-order valence-electron chi connectivity index (χ3n) is 2.38. The van der Waals surface area contributed by atoms with Gasteiger partial charge in [0.1, 0.15) is 6.04 Å². The minimum atomic E-state index is -0.984. The van der Waals surface area contributed by atoms with Crippen LogP contribution in [0.5, 0.6) is 0 Å². The molecule has 0 aliphatic carbocycles. The molecule has 1 aliphatic rings. The lowest BCUT2D eigenvalue weighted by Crippen LogP contribution is -2.43. The second-order valence-corrected chi connectivity index (χ2v) is 5.56. The molecule has 1 saturated heterocycles. The zero-order valence-electron chi connectivity index (χ0n) is 9.17. The summed E-state index contributed by atoms with van der Waals surface area (Å²) in [7, 11) is 0. The first-order chi connectivity index (χ1) is 8.58. The van der Waals surface area contributed by atoms with Crippen LogP contribution in [0.4, 0.5) is 10.5 Å². The molecule has 1 fully saturated rings. The number of rotatable bonds is 2. The number of pyridine rings is 1. The van der Waals surface area contributed by atoms with Gasteiger partial charge in [0.05, 0.1) is 17.8 Å². The number of carbonyl (C=O) groups excluding carboxylic acids is 1. The summed E-state index contributed by atoms with van der Waals surface area (Å²) in [6.45, 7) is 0. The predicted octanol–water partition coefficient (Wildman–Crippen LogP) is 1.84. The Labute approximate surface area is 116 Å². The highest BCUT2D eigenvalue weighted by atomic mass is 79.9. The molecule has 1 aromatic rings. The number of halogens is 1. The van der Waals surface area contributed by atoms with E-state index in [-0.39, 0.29) is 0 Å². The van der Waals surface area contributed by atoms with Gasteiger partial charge in [0, 0.05) is 16.4 Å². The van der Waals surface area contributed by atoms with E-state index in [0.29, 0.717) is 17.3 Å². The second-order valence-electron chi connectivity index (χ2n) is 3.65. The minimum absolute atomic E-state index is 0.379. The number of thioether (sulfide) groups is 1. The van der Waals surface area contributed by atoms with E-state index in [2.05, 4.69) is 26.2 Å². The van der Waals surface area contributed by atoms with E-state index in [9.17, 15) is 9.59 Å². The van der Waals surface area contributed by atoms with Crippen molar-refractivity contribution in [3.63, 3.8) is 0 Å². The monoisotopic (exact) mass is 331 g/mol. The smallest absolute Gasteiger partial charge is 0.327 e. The Morgan fingerprint density at radius 1 is 1.56 bits per heavy atom. The topological polar surface area (TPSA) is 82.5 Å². The summed E-state index contributed by atoms with van der Waals surface area (Å²) in [6, 6.07) is 0.506. The highest BCUT2D eigenvalue weighted by molar-refractivity contribution is 9.10. The fourth-order valence-electron chi connectivity index (χ4n) is 1.52. The van der Waals surface area contributed by atoms with Crippen molar-refractivity contribution < 1.29 is 14.7 Å². The lowest BCUT2D eigenvalue weighted by Gasteiger charge is -2.20. The Kier molecular flexibility index (Phi) is 4.07. The Hall–Kier alpha value is -1.28. The number of carboxylic acids is 1. The predicted molar refractivity (Wildman–Crippen MR) is 71.5 cm³/mol. The molecule has 2 heterocycles. The quantitative estimate of drug-likeness (QED) is 0.863. The lowest BCUT2D eigenvalue weighted by molar-refractivity contribution is -0.140. The molecule has 0 aromatic carbocycles. The van der Waals surface area contributed by atoms with Crippen LogP contribution in [0.25, 0.3) is 0 Å². The Bertz CT molecular complexity index is 485. The molecule has 1 atom stereocenters. The first kappa shape index (κ1) is 13.2. The molecule has 1 unspecified atom stereocenters. The first-order valence-corrected chi connectivity index (χ1v) is 7.01. The fourth-order valence-corrected chi connectivity index (χ4v) is 3.03. The van der Waals surface area contributed by atoms with E-state index < -0.39 is 18.0 Å². The number of amides is 2. The average molecular weight is 332 g/mol. The van der Waals surface area contributed by atoms with Crippen LogP contribution in [-0.4, -0.2) is 44.7 Å². The van der Waals surface area contributed by atoms with Crippen LogP contribution in [0.2, 0.25) is 0 Å². The molecule has 6 nitrogen and oxygen atoms in total. The summed E-state index contributed by atoms with van der Waals surface area (Å²) in [5.41, 5.74) is 0.524. The molecule has 1 aliphatic heterocycles. The van der Waals surface area contributed by atoms with Crippen molar-refractivity contribution >= 4 is 45.4 Å². The summed E-state index contributed by atoms with van der Waals surface area (Å²) in [5.74, 6) is -0.188. The van der Waals surface area contributed by atoms with E-state index in [0.717, 1.165) is 4.47 Å². The molecule has 18 heavy (non-hydrogen) atoms. The van der Waals surface area contributed by atoms with Gasteiger partial charge in [0.25, 0.3) is 0 Å². The lowest BCUT2D eigenvalue weighted by atomic mass is 10.3. The van der Waals surface area contributed by atoms with E-state index in [1.807, 2.05) is 0 Å². The molecule has 2 N–H and O–H groups in total. The van der Waals surface area contributed by atoms with Crippen LogP contribution < -0.4 is 5.32 Å². The fraction of sp³-hybridized carbons (Fsp3) is 0.300. The molecule has 8 heteroatoms. The Morgan fingerprint density at radius 3 is 3.00 bits per heavy atom. The molecule has 0 saturated carbocycles. The van der Waals surface area contributed by atoms with Crippen molar-refractivity contribution in [2.24, 2.45) is 0 Å². The normalized spacial score (nSPS) is 18.7. The zero-order valence-corrected chi connectivity index (χ0v) is 11.6. The van der Waals surface area contributed by atoms with Gasteiger partial charge in [-0.05, 0) is 22.0 Å². The molecule has 0 spiro atoms. The Balaban J connectivity index is 2.06. The van der Waals surface area contributed by atoms with Crippen LogP contribution in [0, 0.1) is 0 Å². The highest BCUT2D eigenvalue weighted by Gasteiger charge is 2.34. The van der Waals surface area contributed by atoms with E-state index in [4.69, 9.17) is 5.11 Å². The largest absolute Gasteiger partial charge is 0.480 e. The number of aromatic nitrogens is 1. The maximum Gasteiger partial charge on any atom is 0.327 e. The van der Waals surface area contributed by atoms with E-state index in [1.54, 1.807) is 12.3 Å². The number of hydrogen-bond acceptors (Lipinski definition) is 4. The third-order valence-corrected chi connectivity index (χ3v) is 3.83. The van der Waals surface area contributed by atoms with E-state index >= 15 is 0 Å². The molecule has 96 valence electrons. The number of nitrogens with zero attached hydrogens (tertiary/aromatic N) is 2. The molecule has 2 amide bonds. The van der Waals surface area contributed by atoms with E-state index in [1.165, 1.54) is 22.9 Å². The van der Waals surface area contributed by atoms with Gasteiger partial charge in [-0.3, -0.25) is 4.98 Å². The van der Waals surface area contributed by atoms with Crippen molar-refractivity contribution in [3.05, 3.63) is 22.9 Å². The van der Waals surface area contributed by atoms with Crippen LogP contribution in [0.1, 0.15) is 0 Å².